The van der Waals surface area contributed by atoms with Crippen molar-refractivity contribution in [1.29, 1.82) is 0 Å². The number of hydrogen-bond donors (Lipinski definition) is 1. The summed E-state index contributed by atoms with van der Waals surface area (Å²) in [5.74, 6) is 1.43. The number of methoxy groups -OCH3 is 1. The van der Waals surface area contributed by atoms with Crippen molar-refractivity contribution in [2.75, 3.05) is 12.4 Å². The summed E-state index contributed by atoms with van der Waals surface area (Å²) in [4.78, 5) is 26.6. The minimum absolute atomic E-state index is 0.0170. The van der Waals surface area contributed by atoms with Crippen molar-refractivity contribution in [2.45, 2.75) is 17.3 Å². The SMILES string of the molecule is COc1ccccc1NC(=O)Cc1noc(CSc2nc3ccccc3c3nc4ccccc4n23)n1. The van der Waals surface area contributed by atoms with Crippen LogP contribution in [0, 0.1) is 0 Å². The van der Waals surface area contributed by atoms with E-state index >= 15 is 0 Å². The topological polar surface area (TPSA) is 107 Å². The largest absolute Gasteiger partial charge is 0.495 e. The number of para-hydroxylation sites is 5. The Hall–Kier alpha value is -4.44. The first-order chi connectivity index (χ1) is 17.7. The van der Waals surface area contributed by atoms with Crippen molar-refractivity contribution in [2.24, 2.45) is 0 Å². The van der Waals surface area contributed by atoms with E-state index in [-0.39, 0.29) is 12.3 Å². The van der Waals surface area contributed by atoms with Gasteiger partial charge in [0.05, 0.1) is 41.5 Å². The molecule has 0 spiro atoms. The van der Waals surface area contributed by atoms with Crippen LogP contribution >= 0.6 is 11.8 Å². The van der Waals surface area contributed by atoms with Gasteiger partial charge in [-0.25, -0.2) is 9.97 Å². The lowest BCUT2D eigenvalue weighted by Gasteiger charge is -2.08. The molecule has 3 aromatic carbocycles. The molecule has 0 unspecified atom stereocenters. The predicted molar refractivity (Wildman–Crippen MR) is 137 cm³/mol. The third-order valence-corrected chi connectivity index (χ3v) is 6.57. The predicted octanol–water partition coefficient (Wildman–Crippen LogP) is 4.90. The van der Waals surface area contributed by atoms with E-state index < -0.39 is 0 Å². The Morgan fingerprint density at radius 2 is 1.75 bits per heavy atom. The van der Waals surface area contributed by atoms with E-state index in [1.165, 1.54) is 11.8 Å². The number of imidazole rings is 1. The standard InChI is InChI=1S/C26H20N6O3S/c1-34-21-13-7-5-11-19(21)27-23(33)14-22-30-24(35-31-22)15-36-26-29-17-9-3-2-8-16(17)25-28-18-10-4-6-12-20(18)32(25)26/h2-13H,14-15H2,1H3,(H,27,33). The first-order valence-corrected chi connectivity index (χ1v) is 12.2. The van der Waals surface area contributed by atoms with Crippen molar-refractivity contribution < 1.29 is 14.1 Å². The van der Waals surface area contributed by atoms with Gasteiger partial charge in [0.15, 0.2) is 11.0 Å². The number of fused-ring (bicyclic) bond motifs is 5. The molecule has 0 saturated heterocycles. The zero-order valence-electron chi connectivity index (χ0n) is 19.2. The summed E-state index contributed by atoms with van der Waals surface area (Å²) in [5, 5.41) is 8.55. The van der Waals surface area contributed by atoms with Crippen molar-refractivity contribution in [3.8, 4) is 5.75 Å². The van der Waals surface area contributed by atoms with E-state index in [1.54, 1.807) is 19.2 Å². The molecule has 3 heterocycles. The van der Waals surface area contributed by atoms with Crippen LogP contribution in [0.25, 0.3) is 27.6 Å². The molecule has 0 aliphatic rings. The monoisotopic (exact) mass is 496 g/mol. The Bertz CT molecular complexity index is 1730. The Morgan fingerprint density at radius 3 is 2.64 bits per heavy atom. The maximum Gasteiger partial charge on any atom is 0.237 e. The second kappa shape index (κ2) is 9.31. The number of aromatic nitrogens is 5. The second-order valence-corrected chi connectivity index (χ2v) is 8.93. The van der Waals surface area contributed by atoms with Gasteiger partial charge >= 0.3 is 0 Å². The minimum Gasteiger partial charge on any atom is -0.495 e. The minimum atomic E-state index is -0.262. The fourth-order valence-electron chi connectivity index (χ4n) is 4.04. The number of carbonyl (C=O) groups excluding carboxylic acids is 1. The average Bonchev–Trinajstić information content (AvgIpc) is 3.52. The van der Waals surface area contributed by atoms with Crippen LogP contribution < -0.4 is 10.1 Å². The molecule has 0 fully saturated rings. The number of thioether (sulfide) groups is 1. The smallest absolute Gasteiger partial charge is 0.237 e. The van der Waals surface area contributed by atoms with Gasteiger partial charge in [0.1, 0.15) is 11.4 Å². The molecule has 0 atom stereocenters. The molecule has 36 heavy (non-hydrogen) atoms. The van der Waals surface area contributed by atoms with Crippen LogP contribution in [-0.4, -0.2) is 37.5 Å². The van der Waals surface area contributed by atoms with Crippen LogP contribution in [0.2, 0.25) is 0 Å². The first kappa shape index (κ1) is 22.1. The van der Waals surface area contributed by atoms with Crippen molar-refractivity contribution in [3.05, 3.63) is 84.5 Å². The molecular formula is C26H20N6O3S. The number of nitrogens with zero attached hydrogens (tertiary/aromatic N) is 5. The fraction of sp³-hybridized carbons (Fsp3) is 0.115. The lowest BCUT2D eigenvalue weighted by molar-refractivity contribution is -0.115. The van der Waals surface area contributed by atoms with E-state index in [4.69, 9.17) is 19.2 Å². The van der Waals surface area contributed by atoms with Crippen LogP contribution in [0.15, 0.2) is 82.5 Å². The number of benzene rings is 3. The number of anilines is 1. The van der Waals surface area contributed by atoms with E-state index in [0.29, 0.717) is 28.9 Å². The number of rotatable bonds is 7. The maximum absolute atomic E-state index is 12.5. The number of hydrogen-bond acceptors (Lipinski definition) is 8. The normalized spacial score (nSPS) is 11.4. The summed E-state index contributed by atoms with van der Waals surface area (Å²) in [5.41, 5.74) is 4.18. The van der Waals surface area contributed by atoms with Gasteiger partial charge in [0, 0.05) is 5.39 Å². The van der Waals surface area contributed by atoms with Crippen LogP contribution in [0.1, 0.15) is 11.7 Å². The molecule has 1 amide bonds. The highest BCUT2D eigenvalue weighted by Crippen LogP contribution is 2.30. The van der Waals surface area contributed by atoms with E-state index in [0.717, 1.165) is 32.7 Å². The Morgan fingerprint density at radius 1 is 0.972 bits per heavy atom. The highest BCUT2D eigenvalue weighted by molar-refractivity contribution is 7.98. The molecule has 0 aliphatic heterocycles. The van der Waals surface area contributed by atoms with E-state index in [9.17, 15) is 4.79 Å². The van der Waals surface area contributed by atoms with Crippen molar-refractivity contribution >= 4 is 50.9 Å². The van der Waals surface area contributed by atoms with Gasteiger partial charge in [-0.1, -0.05) is 53.3 Å². The molecule has 1 N–H and O–H groups in total. The molecule has 0 aliphatic carbocycles. The highest BCUT2D eigenvalue weighted by atomic mass is 32.2. The first-order valence-electron chi connectivity index (χ1n) is 11.2. The van der Waals surface area contributed by atoms with E-state index in [1.807, 2.05) is 60.7 Å². The third kappa shape index (κ3) is 4.11. The van der Waals surface area contributed by atoms with E-state index in [2.05, 4.69) is 19.9 Å². The Balaban J connectivity index is 1.22. The third-order valence-electron chi connectivity index (χ3n) is 5.65. The fourth-order valence-corrected chi connectivity index (χ4v) is 4.89. The summed E-state index contributed by atoms with van der Waals surface area (Å²) in [6.07, 6.45) is -0.0170. The zero-order valence-corrected chi connectivity index (χ0v) is 20.0. The summed E-state index contributed by atoms with van der Waals surface area (Å²) in [7, 11) is 1.55. The number of amides is 1. The molecule has 3 aromatic heterocycles. The summed E-state index contributed by atoms with van der Waals surface area (Å²) < 4.78 is 12.7. The second-order valence-electron chi connectivity index (χ2n) is 7.99. The van der Waals surface area contributed by atoms with Gasteiger partial charge in [-0.3, -0.25) is 9.20 Å². The average molecular weight is 497 g/mol. The molecule has 6 aromatic rings. The molecule has 9 nitrogen and oxygen atoms in total. The van der Waals surface area contributed by atoms with Crippen molar-refractivity contribution in [1.82, 2.24) is 24.5 Å². The summed E-state index contributed by atoms with van der Waals surface area (Å²) in [6, 6.07) is 23.1. The zero-order chi connectivity index (χ0) is 24.5. The molecule has 0 bridgehead atoms. The Labute approximate surface area is 209 Å². The van der Waals surface area contributed by atoms with Gasteiger partial charge in [0.25, 0.3) is 0 Å². The van der Waals surface area contributed by atoms with Crippen molar-refractivity contribution in [3.63, 3.8) is 0 Å². The lowest BCUT2D eigenvalue weighted by atomic mass is 10.2. The number of carbonyl (C=O) groups is 1. The van der Waals surface area contributed by atoms with Crippen LogP contribution in [0.4, 0.5) is 5.69 Å². The van der Waals surface area contributed by atoms with Gasteiger partial charge < -0.3 is 14.6 Å². The molecule has 6 rings (SSSR count). The quantitative estimate of drug-likeness (QED) is 0.246. The molecular weight excluding hydrogens is 476 g/mol. The molecule has 0 saturated carbocycles. The lowest BCUT2D eigenvalue weighted by Crippen LogP contribution is -2.15. The summed E-state index contributed by atoms with van der Waals surface area (Å²) >= 11 is 1.48. The maximum atomic E-state index is 12.5. The molecule has 178 valence electrons. The molecule has 10 heteroatoms. The van der Waals surface area contributed by atoms with Gasteiger partial charge in [-0.15, -0.1) is 0 Å². The Kier molecular flexibility index (Phi) is 5.70. The summed E-state index contributed by atoms with van der Waals surface area (Å²) in [6.45, 7) is 0. The number of ether oxygens (including phenoxy) is 1. The van der Waals surface area contributed by atoms with Crippen LogP contribution in [-0.2, 0) is 17.0 Å². The van der Waals surface area contributed by atoms with Crippen LogP contribution in [0.5, 0.6) is 5.75 Å². The highest BCUT2D eigenvalue weighted by Gasteiger charge is 2.17. The van der Waals surface area contributed by atoms with Gasteiger partial charge in [-0.05, 0) is 36.4 Å². The number of nitrogens with one attached hydrogen (secondary N) is 1. The van der Waals surface area contributed by atoms with Gasteiger partial charge in [0.2, 0.25) is 11.8 Å². The van der Waals surface area contributed by atoms with Crippen LogP contribution in [0.3, 0.4) is 0 Å². The van der Waals surface area contributed by atoms with Gasteiger partial charge in [-0.2, -0.15) is 4.98 Å². The molecule has 0 radical (unpaired) electrons.